The predicted octanol–water partition coefficient (Wildman–Crippen LogP) is 6.21. The maximum absolute atomic E-state index is 12.5. The van der Waals surface area contributed by atoms with Crippen LogP contribution in [0.2, 0.25) is 0 Å². The molecule has 4 nitrogen and oxygen atoms in total. The number of esters is 2. The smallest absolute Gasteiger partial charge is 0.309 e. The van der Waals surface area contributed by atoms with Crippen LogP contribution in [0.5, 0.6) is 0 Å². The first-order chi connectivity index (χ1) is 13.5. The number of hydrogen-bond donors (Lipinski definition) is 0. The Balaban J connectivity index is 1.64. The van der Waals surface area contributed by atoms with E-state index in [1.807, 2.05) is 6.92 Å². The molecular weight excluding hydrogens is 352 g/mol. The molecule has 0 aromatic rings. The zero-order valence-electron chi connectivity index (χ0n) is 18.4. The van der Waals surface area contributed by atoms with Crippen LogP contribution in [0.25, 0.3) is 0 Å². The summed E-state index contributed by atoms with van der Waals surface area (Å²) in [5, 5.41) is 0. The molecule has 2 saturated carbocycles. The molecule has 2 fully saturated rings. The summed E-state index contributed by atoms with van der Waals surface area (Å²) < 4.78 is 11.4. The lowest BCUT2D eigenvalue weighted by molar-refractivity contribution is -0.160. The molecule has 0 aromatic carbocycles. The van der Waals surface area contributed by atoms with Crippen molar-refractivity contribution in [3.63, 3.8) is 0 Å². The van der Waals surface area contributed by atoms with E-state index < -0.39 is 0 Å². The second kappa shape index (κ2) is 12.5. The van der Waals surface area contributed by atoms with Crippen LogP contribution >= 0.6 is 0 Å². The quantitative estimate of drug-likeness (QED) is 0.414. The molecule has 0 N–H and O–H groups in total. The van der Waals surface area contributed by atoms with Gasteiger partial charge in [0.2, 0.25) is 0 Å². The minimum atomic E-state index is -0.0567. The Morgan fingerprint density at radius 2 is 1.39 bits per heavy atom. The number of ether oxygens (including phenoxy) is 2. The largest absolute Gasteiger partial charge is 0.462 e. The molecule has 0 aliphatic heterocycles. The van der Waals surface area contributed by atoms with Crippen molar-refractivity contribution in [2.75, 3.05) is 0 Å². The van der Waals surface area contributed by atoms with Gasteiger partial charge in [-0.25, -0.2) is 0 Å². The Morgan fingerprint density at radius 3 is 2.00 bits per heavy atom. The van der Waals surface area contributed by atoms with E-state index in [2.05, 4.69) is 13.8 Å². The third-order valence-corrected chi connectivity index (χ3v) is 6.72. The maximum atomic E-state index is 12.5. The molecule has 162 valence electrons. The normalized spacial score (nSPS) is 29.1. The van der Waals surface area contributed by atoms with E-state index in [4.69, 9.17) is 9.47 Å². The molecule has 4 heteroatoms. The highest BCUT2D eigenvalue weighted by Crippen LogP contribution is 2.34. The second-order valence-electron chi connectivity index (χ2n) is 9.16. The molecule has 0 aromatic heterocycles. The SMILES string of the molecule is CCCCC1CCC(C(=O)OC2CCC(C(=O)OC(C)CCCC)CC2)CC1. The maximum Gasteiger partial charge on any atom is 0.309 e. The highest BCUT2D eigenvalue weighted by atomic mass is 16.5. The average molecular weight is 395 g/mol. The molecule has 1 unspecified atom stereocenters. The average Bonchev–Trinajstić information content (AvgIpc) is 2.71. The van der Waals surface area contributed by atoms with E-state index in [9.17, 15) is 9.59 Å². The van der Waals surface area contributed by atoms with Gasteiger partial charge in [0.05, 0.1) is 17.9 Å². The first-order valence-corrected chi connectivity index (χ1v) is 11.9. The van der Waals surface area contributed by atoms with Crippen LogP contribution < -0.4 is 0 Å². The summed E-state index contributed by atoms with van der Waals surface area (Å²) in [5.41, 5.74) is 0. The van der Waals surface area contributed by atoms with Gasteiger partial charge in [0.15, 0.2) is 0 Å². The first kappa shape index (κ1) is 23.2. The molecule has 0 spiro atoms. The van der Waals surface area contributed by atoms with Gasteiger partial charge >= 0.3 is 11.9 Å². The first-order valence-electron chi connectivity index (χ1n) is 11.9. The lowest BCUT2D eigenvalue weighted by Crippen LogP contribution is -2.32. The number of carbonyl (C=O) groups is 2. The van der Waals surface area contributed by atoms with Gasteiger partial charge in [-0.05, 0) is 70.6 Å². The zero-order valence-corrected chi connectivity index (χ0v) is 18.4. The van der Waals surface area contributed by atoms with Crippen molar-refractivity contribution in [1.29, 1.82) is 0 Å². The van der Waals surface area contributed by atoms with Crippen LogP contribution in [0.1, 0.15) is 111 Å². The molecule has 2 rings (SSSR count). The third-order valence-electron chi connectivity index (χ3n) is 6.72. The molecular formula is C24H42O4. The molecule has 2 aliphatic carbocycles. The Labute approximate surface area is 172 Å². The number of hydrogen-bond acceptors (Lipinski definition) is 4. The Morgan fingerprint density at radius 1 is 0.821 bits per heavy atom. The summed E-state index contributed by atoms with van der Waals surface area (Å²) in [6.07, 6.45) is 14.5. The number of rotatable bonds is 10. The summed E-state index contributed by atoms with van der Waals surface area (Å²) in [5.74, 6) is 0.838. The topological polar surface area (TPSA) is 52.6 Å². The minimum absolute atomic E-state index is 0.00752. The highest BCUT2D eigenvalue weighted by molar-refractivity contribution is 5.73. The van der Waals surface area contributed by atoms with Gasteiger partial charge in [-0.3, -0.25) is 9.59 Å². The van der Waals surface area contributed by atoms with Gasteiger partial charge in [-0.2, -0.15) is 0 Å². The summed E-state index contributed by atoms with van der Waals surface area (Å²) in [6, 6.07) is 0. The minimum Gasteiger partial charge on any atom is -0.462 e. The molecule has 2 aliphatic rings. The van der Waals surface area contributed by atoms with Crippen LogP contribution in [0.3, 0.4) is 0 Å². The van der Waals surface area contributed by atoms with Crippen LogP contribution in [-0.4, -0.2) is 24.1 Å². The second-order valence-corrected chi connectivity index (χ2v) is 9.16. The van der Waals surface area contributed by atoms with E-state index in [1.165, 1.54) is 32.1 Å². The van der Waals surface area contributed by atoms with Crippen LogP contribution in [0, 0.1) is 17.8 Å². The molecule has 0 radical (unpaired) electrons. The summed E-state index contributed by atoms with van der Waals surface area (Å²) in [4.78, 5) is 24.9. The Bertz CT molecular complexity index is 459. The fourth-order valence-electron chi connectivity index (χ4n) is 4.70. The van der Waals surface area contributed by atoms with Crippen LogP contribution in [-0.2, 0) is 19.1 Å². The van der Waals surface area contributed by atoms with E-state index in [0.717, 1.165) is 63.7 Å². The van der Waals surface area contributed by atoms with Crippen molar-refractivity contribution >= 4 is 11.9 Å². The lowest BCUT2D eigenvalue weighted by Gasteiger charge is -2.31. The van der Waals surface area contributed by atoms with Crippen LogP contribution in [0.15, 0.2) is 0 Å². The van der Waals surface area contributed by atoms with Crippen LogP contribution in [0.4, 0.5) is 0 Å². The van der Waals surface area contributed by atoms with Gasteiger partial charge < -0.3 is 9.47 Å². The molecule has 0 saturated heterocycles. The standard InChI is InChI=1S/C24H42O4/c1-4-6-8-18(3)27-23(25)21-14-16-22(17-15-21)28-24(26)20-12-10-19(11-13-20)9-7-5-2/h18-22H,4-17H2,1-3H3. The lowest BCUT2D eigenvalue weighted by atomic mass is 9.80. The van der Waals surface area contributed by atoms with Crippen molar-refractivity contribution in [2.45, 2.75) is 123 Å². The summed E-state index contributed by atoms with van der Waals surface area (Å²) in [6.45, 7) is 6.37. The predicted molar refractivity (Wildman–Crippen MR) is 112 cm³/mol. The van der Waals surface area contributed by atoms with Gasteiger partial charge in [0.25, 0.3) is 0 Å². The summed E-state index contributed by atoms with van der Waals surface area (Å²) >= 11 is 0. The molecule has 1 atom stereocenters. The molecule has 0 amide bonds. The van der Waals surface area contributed by atoms with Gasteiger partial charge in [-0.1, -0.05) is 46.0 Å². The fraction of sp³-hybridized carbons (Fsp3) is 0.917. The summed E-state index contributed by atoms with van der Waals surface area (Å²) in [7, 11) is 0. The van der Waals surface area contributed by atoms with Crippen molar-refractivity contribution in [2.24, 2.45) is 17.8 Å². The zero-order chi connectivity index (χ0) is 20.4. The van der Waals surface area contributed by atoms with Gasteiger partial charge in [0.1, 0.15) is 6.10 Å². The Kier molecular flexibility index (Phi) is 10.4. The monoisotopic (exact) mass is 394 g/mol. The van der Waals surface area contributed by atoms with Crippen molar-refractivity contribution in [3.05, 3.63) is 0 Å². The number of unbranched alkanes of at least 4 members (excludes halogenated alkanes) is 2. The van der Waals surface area contributed by atoms with E-state index >= 15 is 0 Å². The number of carbonyl (C=O) groups excluding carboxylic acids is 2. The van der Waals surface area contributed by atoms with Crippen molar-refractivity contribution in [1.82, 2.24) is 0 Å². The fourth-order valence-corrected chi connectivity index (χ4v) is 4.70. The van der Waals surface area contributed by atoms with E-state index in [0.29, 0.717) is 0 Å². The van der Waals surface area contributed by atoms with Crippen molar-refractivity contribution < 1.29 is 19.1 Å². The highest BCUT2D eigenvalue weighted by Gasteiger charge is 2.33. The molecule has 28 heavy (non-hydrogen) atoms. The van der Waals surface area contributed by atoms with E-state index in [1.54, 1.807) is 0 Å². The van der Waals surface area contributed by atoms with Gasteiger partial charge in [0, 0.05) is 0 Å². The Hall–Kier alpha value is -1.06. The van der Waals surface area contributed by atoms with Crippen molar-refractivity contribution in [3.8, 4) is 0 Å². The molecule has 0 heterocycles. The molecule has 0 bridgehead atoms. The van der Waals surface area contributed by atoms with Gasteiger partial charge in [-0.15, -0.1) is 0 Å². The third kappa shape index (κ3) is 7.75. The van der Waals surface area contributed by atoms with E-state index in [-0.39, 0.29) is 36.0 Å².